The summed E-state index contributed by atoms with van der Waals surface area (Å²) in [4.78, 5) is 16.6. The molecular formula is C18H16ClN3O2. The fraction of sp³-hybridized carbons (Fsp3) is 0.111. The van der Waals surface area contributed by atoms with Crippen LogP contribution in [-0.4, -0.2) is 22.8 Å². The molecule has 0 bridgehead atoms. The van der Waals surface area contributed by atoms with Crippen molar-refractivity contribution in [2.24, 2.45) is 0 Å². The highest BCUT2D eigenvalue weighted by Crippen LogP contribution is 2.25. The highest BCUT2D eigenvalue weighted by Gasteiger charge is 2.15. The van der Waals surface area contributed by atoms with Crippen LogP contribution in [0.4, 0.5) is 0 Å². The minimum atomic E-state index is -0.236. The zero-order valence-electron chi connectivity index (χ0n) is 13.1. The zero-order valence-corrected chi connectivity index (χ0v) is 13.8. The molecule has 3 aromatic rings. The van der Waals surface area contributed by atoms with Crippen LogP contribution in [0.25, 0.3) is 16.9 Å². The Morgan fingerprint density at radius 1 is 1.17 bits per heavy atom. The predicted octanol–water partition coefficient (Wildman–Crippen LogP) is 3.41. The van der Waals surface area contributed by atoms with Crippen molar-refractivity contribution < 1.29 is 9.63 Å². The first-order chi connectivity index (χ1) is 11.7. The number of benzene rings is 2. The second-order valence-corrected chi connectivity index (χ2v) is 5.63. The number of hydrogen-bond donors (Lipinski definition) is 1. The quantitative estimate of drug-likeness (QED) is 0.723. The normalized spacial score (nSPS) is 10.6. The summed E-state index contributed by atoms with van der Waals surface area (Å²) in [5, 5.41) is 5.30. The molecule has 5 nitrogen and oxygen atoms in total. The Morgan fingerprint density at radius 2 is 1.88 bits per heavy atom. The van der Waals surface area contributed by atoms with Crippen molar-refractivity contribution in [1.29, 1.82) is 0 Å². The molecule has 2 aromatic carbocycles. The van der Waals surface area contributed by atoms with Gasteiger partial charge in [-0.3, -0.25) is 9.63 Å². The van der Waals surface area contributed by atoms with Gasteiger partial charge < -0.3 is 0 Å². The third-order valence-corrected chi connectivity index (χ3v) is 3.75. The van der Waals surface area contributed by atoms with E-state index in [-0.39, 0.29) is 12.3 Å². The van der Waals surface area contributed by atoms with Crippen LogP contribution in [-0.2, 0) is 16.1 Å². The van der Waals surface area contributed by atoms with Crippen LogP contribution in [0.3, 0.4) is 0 Å². The lowest BCUT2D eigenvalue weighted by Crippen LogP contribution is -2.23. The van der Waals surface area contributed by atoms with Gasteiger partial charge in [-0.05, 0) is 24.3 Å². The fourth-order valence-corrected chi connectivity index (χ4v) is 2.55. The molecular weight excluding hydrogens is 326 g/mol. The van der Waals surface area contributed by atoms with Gasteiger partial charge in [0.2, 0.25) is 5.91 Å². The standard InChI is InChI=1S/C18H16ClN3O2/c1-24-21-17(23)11-14-12-22(16-5-3-2-4-6-16)20-18(14)13-7-9-15(19)10-8-13/h2-10,12H,11H2,1H3,(H,21,23). The van der Waals surface area contributed by atoms with E-state index >= 15 is 0 Å². The van der Waals surface area contributed by atoms with Crippen LogP contribution in [0.5, 0.6) is 0 Å². The molecule has 0 unspecified atom stereocenters. The van der Waals surface area contributed by atoms with E-state index < -0.39 is 0 Å². The Morgan fingerprint density at radius 3 is 2.54 bits per heavy atom. The van der Waals surface area contributed by atoms with E-state index in [1.165, 1.54) is 7.11 Å². The number of halogens is 1. The van der Waals surface area contributed by atoms with Crippen molar-refractivity contribution in [2.75, 3.05) is 7.11 Å². The number of para-hydroxylation sites is 1. The third kappa shape index (κ3) is 3.64. The number of aromatic nitrogens is 2. The van der Waals surface area contributed by atoms with Gasteiger partial charge in [0.1, 0.15) is 0 Å². The van der Waals surface area contributed by atoms with Gasteiger partial charge in [0, 0.05) is 22.3 Å². The van der Waals surface area contributed by atoms with Gasteiger partial charge in [-0.2, -0.15) is 5.10 Å². The molecule has 0 aliphatic carbocycles. The number of amides is 1. The lowest BCUT2D eigenvalue weighted by atomic mass is 10.1. The number of nitrogens with one attached hydrogen (secondary N) is 1. The minimum Gasteiger partial charge on any atom is -0.277 e. The molecule has 0 saturated heterocycles. The zero-order chi connectivity index (χ0) is 16.9. The molecule has 3 rings (SSSR count). The van der Waals surface area contributed by atoms with Crippen LogP contribution in [0.1, 0.15) is 5.56 Å². The lowest BCUT2D eigenvalue weighted by Gasteiger charge is -2.03. The third-order valence-electron chi connectivity index (χ3n) is 3.50. The molecule has 0 spiro atoms. The maximum atomic E-state index is 11.9. The Kier molecular flexibility index (Phi) is 4.93. The molecule has 24 heavy (non-hydrogen) atoms. The van der Waals surface area contributed by atoms with Crippen LogP contribution in [0, 0.1) is 0 Å². The molecule has 0 saturated carbocycles. The molecule has 0 radical (unpaired) electrons. The van der Waals surface area contributed by atoms with Gasteiger partial charge in [0.05, 0.1) is 24.9 Å². The summed E-state index contributed by atoms with van der Waals surface area (Å²) < 4.78 is 1.76. The van der Waals surface area contributed by atoms with E-state index in [0.717, 1.165) is 22.5 Å². The molecule has 1 heterocycles. The summed E-state index contributed by atoms with van der Waals surface area (Å²) in [5.41, 5.74) is 5.69. The molecule has 0 fully saturated rings. The molecule has 0 atom stereocenters. The van der Waals surface area contributed by atoms with Gasteiger partial charge in [0.25, 0.3) is 0 Å². The molecule has 6 heteroatoms. The van der Waals surface area contributed by atoms with Crippen LogP contribution >= 0.6 is 11.6 Å². The Balaban J connectivity index is 2.02. The van der Waals surface area contributed by atoms with E-state index in [2.05, 4.69) is 15.4 Å². The summed E-state index contributed by atoms with van der Waals surface area (Å²) in [7, 11) is 1.41. The van der Waals surface area contributed by atoms with E-state index in [9.17, 15) is 4.79 Å². The van der Waals surface area contributed by atoms with Crippen molar-refractivity contribution in [3.8, 4) is 16.9 Å². The molecule has 0 aliphatic rings. The summed E-state index contributed by atoms with van der Waals surface area (Å²) >= 11 is 5.96. The molecule has 122 valence electrons. The van der Waals surface area contributed by atoms with E-state index in [4.69, 9.17) is 11.6 Å². The monoisotopic (exact) mass is 341 g/mol. The molecule has 1 amide bonds. The summed E-state index contributed by atoms with van der Waals surface area (Å²) in [6.07, 6.45) is 2.02. The second-order valence-electron chi connectivity index (χ2n) is 5.20. The summed E-state index contributed by atoms with van der Waals surface area (Å²) in [6.45, 7) is 0. The number of carbonyl (C=O) groups is 1. The van der Waals surface area contributed by atoms with Crippen LogP contribution in [0.15, 0.2) is 60.8 Å². The maximum Gasteiger partial charge on any atom is 0.248 e. The van der Waals surface area contributed by atoms with Crippen molar-refractivity contribution in [2.45, 2.75) is 6.42 Å². The van der Waals surface area contributed by atoms with E-state index in [1.807, 2.05) is 48.7 Å². The maximum absolute atomic E-state index is 11.9. The number of nitrogens with zero attached hydrogens (tertiary/aromatic N) is 2. The number of hydrogen-bond acceptors (Lipinski definition) is 3. The number of hydroxylamine groups is 1. The van der Waals surface area contributed by atoms with Crippen molar-refractivity contribution in [3.05, 3.63) is 71.4 Å². The first kappa shape index (κ1) is 16.2. The van der Waals surface area contributed by atoms with E-state index in [0.29, 0.717) is 5.02 Å². The SMILES string of the molecule is CONC(=O)Cc1cn(-c2ccccc2)nc1-c1ccc(Cl)cc1. The Bertz CT molecular complexity index is 829. The fourth-order valence-electron chi connectivity index (χ4n) is 2.43. The van der Waals surface area contributed by atoms with Gasteiger partial charge in [-0.25, -0.2) is 10.2 Å². The predicted molar refractivity (Wildman–Crippen MR) is 92.9 cm³/mol. The highest BCUT2D eigenvalue weighted by molar-refractivity contribution is 6.30. The van der Waals surface area contributed by atoms with Gasteiger partial charge in [-0.15, -0.1) is 0 Å². The van der Waals surface area contributed by atoms with Crippen LogP contribution < -0.4 is 5.48 Å². The first-order valence-corrected chi connectivity index (χ1v) is 7.77. The van der Waals surface area contributed by atoms with Gasteiger partial charge >= 0.3 is 0 Å². The van der Waals surface area contributed by atoms with Crippen molar-refractivity contribution in [1.82, 2.24) is 15.3 Å². The first-order valence-electron chi connectivity index (χ1n) is 7.39. The molecule has 1 N–H and O–H groups in total. The molecule has 0 aliphatic heterocycles. The lowest BCUT2D eigenvalue weighted by molar-refractivity contribution is -0.130. The number of rotatable bonds is 5. The Hall–Kier alpha value is -2.63. The second kappa shape index (κ2) is 7.29. The smallest absolute Gasteiger partial charge is 0.248 e. The van der Waals surface area contributed by atoms with E-state index in [1.54, 1.807) is 16.8 Å². The minimum absolute atomic E-state index is 0.165. The number of carbonyl (C=O) groups excluding carboxylic acids is 1. The highest BCUT2D eigenvalue weighted by atomic mass is 35.5. The average molecular weight is 342 g/mol. The van der Waals surface area contributed by atoms with Crippen LogP contribution in [0.2, 0.25) is 5.02 Å². The summed E-state index contributed by atoms with van der Waals surface area (Å²) in [5.74, 6) is -0.236. The summed E-state index contributed by atoms with van der Waals surface area (Å²) in [6, 6.07) is 17.1. The Labute approximate surface area is 144 Å². The topological polar surface area (TPSA) is 56.1 Å². The largest absolute Gasteiger partial charge is 0.277 e. The van der Waals surface area contributed by atoms with Gasteiger partial charge in [0.15, 0.2) is 0 Å². The average Bonchev–Trinajstić information content (AvgIpc) is 3.00. The molecule has 1 aromatic heterocycles. The van der Waals surface area contributed by atoms with Crippen molar-refractivity contribution >= 4 is 17.5 Å². The van der Waals surface area contributed by atoms with Crippen molar-refractivity contribution in [3.63, 3.8) is 0 Å². The van der Waals surface area contributed by atoms with Gasteiger partial charge in [-0.1, -0.05) is 41.9 Å².